The summed E-state index contributed by atoms with van der Waals surface area (Å²) in [5, 5.41) is 4.08. The molecule has 1 aromatic carbocycles. The van der Waals surface area contributed by atoms with Crippen LogP contribution in [-0.4, -0.2) is 29.9 Å². The van der Waals surface area contributed by atoms with Crippen molar-refractivity contribution in [2.45, 2.75) is 38.4 Å². The summed E-state index contributed by atoms with van der Waals surface area (Å²) in [7, 11) is 0. The van der Waals surface area contributed by atoms with Crippen LogP contribution in [0.25, 0.3) is 10.2 Å². The molecule has 0 bridgehead atoms. The van der Waals surface area contributed by atoms with Gasteiger partial charge in [0.15, 0.2) is 5.79 Å². The quantitative estimate of drug-likeness (QED) is 0.915. The van der Waals surface area contributed by atoms with E-state index in [9.17, 15) is 4.79 Å². The lowest BCUT2D eigenvalue weighted by atomic mass is 9.84. The molecule has 0 radical (unpaired) electrons. The average molecular weight is 332 g/mol. The molecular weight excluding hydrogens is 312 g/mol. The minimum atomic E-state index is -0.409. The van der Waals surface area contributed by atoms with Crippen LogP contribution in [0.5, 0.6) is 0 Å². The molecule has 1 aliphatic heterocycles. The Labute approximate surface area is 139 Å². The van der Waals surface area contributed by atoms with E-state index < -0.39 is 5.79 Å². The molecule has 2 aromatic rings. The summed E-state index contributed by atoms with van der Waals surface area (Å²) in [4.78, 5) is 17.0. The van der Waals surface area contributed by atoms with Gasteiger partial charge in [0, 0.05) is 24.4 Å². The number of nitrogens with zero attached hydrogens (tertiary/aromatic N) is 1. The molecule has 23 heavy (non-hydrogen) atoms. The van der Waals surface area contributed by atoms with E-state index in [0.717, 1.165) is 46.6 Å². The van der Waals surface area contributed by atoms with Crippen molar-refractivity contribution in [1.82, 2.24) is 4.98 Å². The molecule has 2 aliphatic rings. The van der Waals surface area contributed by atoms with Crippen molar-refractivity contribution in [2.75, 3.05) is 18.5 Å². The molecular formula is C17H20N2O3S. The van der Waals surface area contributed by atoms with Crippen LogP contribution < -0.4 is 5.32 Å². The van der Waals surface area contributed by atoms with Crippen LogP contribution in [0.2, 0.25) is 0 Å². The first-order valence-corrected chi connectivity index (χ1v) is 8.91. The molecule has 1 spiro atoms. The fourth-order valence-electron chi connectivity index (χ4n) is 3.47. The van der Waals surface area contributed by atoms with Crippen LogP contribution >= 0.6 is 11.3 Å². The monoisotopic (exact) mass is 332 g/mol. The normalized spacial score (nSPS) is 21.1. The minimum Gasteiger partial charge on any atom is -0.348 e. The molecule has 1 amide bonds. The summed E-state index contributed by atoms with van der Waals surface area (Å²) in [6.07, 6.45) is 3.22. The van der Waals surface area contributed by atoms with E-state index >= 15 is 0 Å². The highest BCUT2D eigenvalue weighted by atomic mass is 32.1. The third-order valence-electron chi connectivity index (χ3n) is 4.69. The van der Waals surface area contributed by atoms with Gasteiger partial charge in [-0.3, -0.25) is 4.79 Å². The lowest BCUT2D eigenvalue weighted by Gasteiger charge is -2.34. The van der Waals surface area contributed by atoms with E-state index in [4.69, 9.17) is 9.47 Å². The first-order valence-electron chi connectivity index (χ1n) is 8.10. The second-order valence-electron chi connectivity index (χ2n) is 6.29. The maximum Gasteiger partial charge on any atom is 0.227 e. The van der Waals surface area contributed by atoms with Gasteiger partial charge in [-0.1, -0.05) is 0 Å². The molecule has 4 rings (SSSR count). The van der Waals surface area contributed by atoms with Crippen molar-refractivity contribution in [3.8, 4) is 0 Å². The summed E-state index contributed by atoms with van der Waals surface area (Å²) in [5.74, 6) is -0.293. The predicted molar refractivity (Wildman–Crippen MR) is 89.6 cm³/mol. The number of anilines is 1. The topological polar surface area (TPSA) is 60.5 Å². The Morgan fingerprint density at radius 2 is 2.04 bits per heavy atom. The Morgan fingerprint density at radius 1 is 1.30 bits per heavy atom. The Morgan fingerprint density at radius 3 is 2.78 bits per heavy atom. The van der Waals surface area contributed by atoms with E-state index in [2.05, 4.69) is 10.3 Å². The molecule has 1 saturated carbocycles. The van der Waals surface area contributed by atoms with Gasteiger partial charge in [0.05, 0.1) is 28.4 Å². The molecule has 122 valence electrons. The number of aryl methyl sites for hydroxylation is 1. The zero-order valence-electron chi connectivity index (χ0n) is 13.1. The molecule has 5 nitrogen and oxygen atoms in total. The summed E-state index contributed by atoms with van der Waals surface area (Å²) in [6.45, 7) is 3.34. The number of amides is 1. The van der Waals surface area contributed by atoms with E-state index in [1.165, 1.54) is 0 Å². The highest BCUT2D eigenvalue weighted by Gasteiger charge is 2.41. The van der Waals surface area contributed by atoms with E-state index in [1.807, 2.05) is 25.1 Å². The zero-order valence-corrected chi connectivity index (χ0v) is 13.9. The van der Waals surface area contributed by atoms with Gasteiger partial charge in [-0.05, 0) is 38.0 Å². The minimum absolute atomic E-state index is 0.0290. The number of fused-ring (bicyclic) bond motifs is 1. The number of aromatic nitrogens is 1. The van der Waals surface area contributed by atoms with Crippen molar-refractivity contribution in [3.05, 3.63) is 23.2 Å². The number of ether oxygens (including phenoxy) is 2. The number of rotatable bonds is 2. The van der Waals surface area contributed by atoms with Crippen LogP contribution in [0.3, 0.4) is 0 Å². The first-order chi connectivity index (χ1) is 11.1. The molecule has 2 heterocycles. The Kier molecular flexibility index (Phi) is 3.83. The number of nitrogens with one attached hydrogen (secondary N) is 1. The lowest BCUT2D eigenvalue weighted by molar-refractivity contribution is -0.182. The van der Waals surface area contributed by atoms with Gasteiger partial charge in [-0.25, -0.2) is 4.98 Å². The van der Waals surface area contributed by atoms with Crippen LogP contribution in [0.4, 0.5) is 5.69 Å². The van der Waals surface area contributed by atoms with Crippen LogP contribution in [0.1, 0.15) is 30.7 Å². The maximum atomic E-state index is 12.5. The van der Waals surface area contributed by atoms with Crippen molar-refractivity contribution < 1.29 is 14.3 Å². The third kappa shape index (κ3) is 2.98. The fraction of sp³-hybridized carbons (Fsp3) is 0.529. The number of benzene rings is 1. The standard InChI is InChI=1S/C17H20N2O3S/c1-11-18-14-10-13(2-3-15(14)23-11)19-16(20)12-4-6-17(7-5-12)21-8-9-22-17/h2-3,10,12H,4-9H2,1H3,(H,19,20). The van der Waals surface area contributed by atoms with Gasteiger partial charge in [0.1, 0.15) is 0 Å². The molecule has 0 unspecified atom stereocenters. The lowest BCUT2D eigenvalue weighted by Crippen LogP contribution is -2.38. The molecule has 0 atom stereocenters. The highest BCUT2D eigenvalue weighted by Crippen LogP contribution is 2.38. The first kappa shape index (κ1) is 15.1. The average Bonchev–Trinajstić information content (AvgIpc) is 3.13. The Bertz CT molecular complexity index is 727. The fourth-order valence-corrected chi connectivity index (χ4v) is 4.28. The van der Waals surface area contributed by atoms with Crippen LogP contribution in [0, 0.1) is 12.8 Å². The number of thiazole rings is 1. The molecule has 2 fully saturated rings. The smallest absolute Gasteiger partial charge is 0.227 e. The van der Waals surface area contributed by atoms with Gasteiger partial charge in [-0.2, -0.15) is 0 Å². The van der Waals surface area contributed by atoms with Crippen molar-refractivity contribution in [2.24, 2.45) is 5.92 Å². The van der Waals surface area contributed by atoms with Crippen LogP contribution in [0.15, 0.2) is 18.2 Å². The van der Waals surface area contributed by atoms with Crippen molar-refractivity contribution in [3.63, 3.8) is 0 Å². The molecule has 1 N–H and O–H groups in total. The van der Waals surface area contributed by atoms with Gasteiger partial charge in [0.25, 0.3) is 0 Å². The molecule has 1 aliphatic carbocycles. The SMILES string of the molecule is Cc1nc2cc(NC(=O)C3CCC4(CC3)OCCO4)ccc2s1. The second kappa shape index (κ2) is 5.85. The predicted octanol–water partition coefficient (Wildman–Crippen LogP) is 3.48. The largest absolute Gasteiger partial charge is 0.348 e. The Balaban J connectivity index is 1.41. The molecule has 1 aromatic heterocycles. The number of carbonyl (C=O) groups is 1. The van der Waals surface area contributed by atoms with Crippen molar-refractivity contribution in [1.29, 1.82) is 0 Å². The van der Waals surface area contributed by atoms with Crippen molar-refractivity contribution >= 4 is 33.1 Å². The van der Waals surface area contributed by atoms with E-state index in [0.29, 0.717) is 13.2 Å². The second-order valence-corrected chi connectivity index (χ2v) is 7.52. The van der Waals surface area contributed by atoms with Crippen LogP contribution in [-0.2, 0) is 14.3 Å². The summed E-state index contributed by atoms with van der Waals surface area (Å²) < 4.78 is 12.6. The van der Waals surface area contributed by atoms with E-state index in [-0.39, 0.29) is 11.8 Å². The van der Waals surface area contributed by atoms with Gasteiger partial charge >= 0.3 is 0 Å². The summed E-state index contributed by atoms with van der Waals surface area (Å²) >= 11 is 1.67. The Hall–Kier alpha value is -1.50. The molecule has 6 heteroatoms. The number of hydrogen-bond acceptors (Lipinski definition) is 5. The number of hydrogen-bond donors (Lipinski definition) is 1. The van der Waals surface area contributed by atoms with Gasteiger partial charge < -0.3 is 14.8 Å². The summed E-state index contributed by atoms with van der Waals surface area (Å²) in [6, 6.07) is 5.92. The molecule has 1 saturated heterocycles. The zero-order chi connectivity index (χ0) is 15.9. The van der Waals surface area contributed by atoms with Gasteiger partial charge in [-0.15, -0.1) is 11.3 Å². The number of carbonyl (C=O) groups excluding carboxylic acids is 1. The third-order valence-corrected chi connectivity index (χ3v) is 5.65. The maximum absolute atomic E-state index is 12.5. The van der Waals surface area contributed by atoms with Gasteiger partial charge in [0.2, 0.25) is 5.91 Å². The van der Waals surface area contributed by atoms with E-state index in [1.54, 1.807) is 11.3 Å². The highest BCUT2D eigenvalue weighted by molar-refractivity contribution is 7.18. The summed E-state index contributed by atoms with van der Waals surface area (Å²) in [5.41, 5.74) is 1.77.